The van der Waals surface area contributed by atoms with Crippen molar-refractivity contribution in [2.24, 2.45) is 5.41 Å². The molecule has 2 heteroatoms. The Balaban J connectivity index is 2.73. The highest BCUT2D eigenvalue weighted by Crippen LogP contribution is 2.35. The molecule has 0 aliphatic carbocycles. The molecule has 1 heterocycles. The Morgan fingerprint density at radius 3 is 2.13 bits per heavy atom. The molecular weight excluding hydrogens is 268 g/mol. The molecule has 86 valence electrons. The Morgan fingerprint density at radius 2 is 1.73 bits per heavy atom. The number of hydrogen-bond acceptors (Lipinski definition) is 1. The Morgan fingerprint density at radius 1 is 1.13 bits per heavy atom. The van der Waals surface area contributed by atoms with Crippen LogP contribution in [-0.2, 0) is 12.8 Å². The van der Waals surface area contributed by atoms with Crippen LogP contribution in [0.4, 0.5) is 0 Å². The first kappa shape index (κ1) is 13.2. The molecule has 1 aromatic heterocycles. The van der Waals surface area contributed by atoms with Crippen LogP contribution in [0.15, 0.2) is 12.1 Å². The number of alkyl halides is 1. The number of hydrogen-bond donors (Lipinski definition) is 0. The van der Waals surface area contributed by atoms with E-state index in [0.29, 0.717) is 5.41 Å². The van der Waals surface area contributed by atoms with Gasteiger partial charge in [0.25, 0.3) is 0 Å². The zero-order chi connectivity index (χ0) is 11.3. The Kier molecular flexibility index (Phi) is 5.34. The van der Waals surface area contributed by atoms with Crippen LogP contribution in [0.25, 0.3) is 0 Å². The van der Waals surface area contributed by atoms with E-state index < -0.39 is 0 Å². The molecule has 15 heavy (non-hydrogen) atoms. The van der Waals surface area contributed by atoms with E-state index >= 15 is 0 Å². The second kappa shape index (κ2) is 6.05. The second-order valence-corrected chi connectivity index (χ2v) is 6.05. The summed E-state index contributed by atoms with van der Waals surface area (Å²) < 4.78 is 0. The predicted molar refractivity (Wildman–Crippen MR) is 74.2 cm³/mol. The van der Waals surface area contributed by atoms with Crippen LogP contribution in [0.1, 0.15) is 43.4 Å². The topological polar surface area (TPSA) is 0 Å². The zero-order valence-corrected chi connectivity index (χ0v) is 12.4. The lowest BCUT2D eigenvalue weighted by molar-refractivity contribution is 0.309. The van der Waals surface area contributed by atoms with Crippen LogP contribution in [0.2, 0.25) is 0 Å². The molecule has 0 saturated heterocycles. The summed E-state index contributed by atoms with van der Waals surface area (Å²) in [6.07, 6.45) is 4.92. The molecule has 0 aromatic carbocycles. The Hall–Kier alpha value is 0.180. The van der Waals surface area contributed by atoms with Gasteiger partial charge in [0.1, 0.15) is 0 Å². The molecule has 0 amide bonds. The van der Waals surface area contributed by atoms with Gasteiger partial charge in [-0.2, -0.15) is 0 Å². The van der Waals surface area contributed by atoms with E-state index in [1.54, 1.807) is 4.88 Å². The lowest BCUT2D eigenvalue weighted by Gasteiger charge is -2.28. The third-order valence-corrected chi connectivity index (χ3v) is 5.82. The van der Waals surface area contributed by atoms with Crippen molar-refractivity contribution in [3.63, 3.8) is 0 Å². The van der Waals surface area contributed by atoms with Gasteiger partial charge in [0.05, 0.1) is 0 Å². The van der Waals surface area contributed by atoms with Gasteiger partial charge < -0.3 is 0 Å². The summed E-state index contributed by atoms with van der Waals surface area (Å²) >= 11 is 5.66. The molecular formula is C13H21BrS. The Bertz CT molecular complexity index is 278. The van der Waals surface area contributed by atoms with E-state index in [9.17, 15) is 0 Å². The van der Waals surface area contributed by atoms with E-state index in [4.69, 9.17) is 0 Å². The van der Waals surface area contributed by atoms with Gasteiger partial charge in [-0.05, 0) is 43.2 Å². The summed E-state index contributed by atoms with van der Waals surface area (Å²) in [6.45, 7) is 6.84. The molecule has 0 spiro atoms. The lowest BCUT2D eigenvalue weighted by atomic mass is 9.81. The summed E-state index contributed by atoms with van der Waals surface area (Å²) in [7, 11) is 0. The maximum Gasteiger partial charge on any atom is 0.00912 e. The number of aryl methyl sites for hydroxylation is 1. The molecule has 0 nitrogen and oxygen atoms in total. The van der Waals surface area contributed by atoms with Gasteiger partial charge in [0, 0.05) is 15.1 Å². The zero-order valence-electron chi connectivity index (χ0n) is 9.98. The highest BCUT2D eigenvalue weighted by Gasteiger charge is 2.25. The number of rotatable bonds is 6. The minimum absolute atomic E-state index is 0.468. The van der Waals surface area contributed by atoms with Crippen LogP contribution >= 0.6 is 27.3 Å². The molecule has 0 fully saturated rings. The van der Waals surface area contributed by atoms with Gasteiger partial charge in [-0.25, -0.2) is 0 Å². The van der Waals surface area contributed by atoms with E-state index in [-0.39, 0.29) is 0 Å². The smallest absolute Gasteiger partial charge is 0.00912 e. The fraction of sp³-hybridized carbons (Fsp3) is 0.692. The van der Waals surface area contributed by atoms with Gasteiger partial charge in [-0.3, -0.25) is 0 Å². The SMILES string of the molecule is CCc1ccc(CC(CC)(CC)CBr)s1. The fourth-order valence-electron chi connectivity index (χ4n) is 1.81. The summed E-state index contributed by atoms with van der Waals surface area (Å²) in [5.41, 5.74) is 0.468. The van der Waals surface area contributed by atoms with Crippen LogP contribution in [0.3, 0.4) is 0 Å². The summed E-state index contributed by atoms with van der Waals surface area (Å²) in [5.74, 6) is 0. The largest absolute Gasteiger partial charge is 0.145 e. The quantitative estimate of drug-likeness (QED) is 0.642. The summed E-state index contributed by atoms with van der Waals surface area (Å²) in [4.78, 5) is 3.07. The molecule has 0 atom stereocenters. The van der Waals surface area contributed by atoms with Crippen molar-refractivity contribution in [1.29, 1.82) is 0 Å². The van der Waals surface area contributed by atoms with Crippen molar-refractivity contribution in [1.82, 2.24) is 0 Å². The first-order chi connectivity index (χ1) is 7.19. The fourth-order valence-corrected chi connectivity index (χ4v) is 3.94. The van der Waals surface area contributed by atoms with Crippen molar-refractivity contribution >= 4 is 27.3 Å². The maximum atomic E-state index is 3.68. The minimum Gasteiger partial charge on any atom is -0.145 e. The van der Waals surface area contributed by atoms with E-state index in [2.05, 4.69) is 48.8 Å². The monoisotopic (exact) mass is 288 g/mol. The lowest BCUT2D eigenvalue weighted by Crippen LogP contribution is -2.23. The molecule has 0 aliphatic rings. The molecule has 0 aliphatic heterocycles. The Labute approximate surface area is 106 Å². The standard InChI is InChI=1S/C13H21BrS/c1-4-11-7-8-12(15-11)9-13(5-2,6-3)10-14/h7-8H,4-6,9-10H2,1-3H3. The van der Waals surface area contributed by atoms with Gasteiger partial charge >= 0.3 is 0 Å². The molecule has 0 bridgehead atoms. The number of halogens is 1. The summed E-state index contributed by atoms with van der Waals surface area (Å²) in [6, 6.07) is 4.59. The average Bonchev–Trinajstić information content (AvgIpc) is 2.73. The highest BCUT2D eigenvalue weighted by atomic mass is 79.9. The third kappa shape index (κ3) is 3.32. The van der Waals surface area contributed by atoms with Gasteiger partial charge in [-0.1, -0.05) is 36.7 Å². The predicted octanol–water partition coefficient (Wildman–Crippen LogP) is 5.05. The van der Waals surface area contributed by atoms with E-state index in [0.717, 1.165) is 5.33 Å². The maximum absolute atomic E-state index is 3.68. The third-order valence-electron chi connectivity index (χ3n) is 3.40. The normalized spacial score (nSPS) is 12.0. The molecule has 1 rings (SSSR count). The van der Waals surface area contributed by atoms with Crippen molar-refractivity contribution < 1.29 is 0 Å². The van der Waals surface area contributed by atoms with Crippen LogP contribution in [0, 0.1) is 5.41 Å². The van der Waals surface area contributed by atoms with E-state index in [1.807, 2.05) is 11.3 Å². The molecule has 0 radical (unpaired) electrons. The molecule has 0 saturated carbocycles. The van der Waals surface area contributed by atoms with Gasteiger partial charge in [0.15, 0.2) is 0 Å². The van der Waals surface area contributed by atoms with Crippen LogP contribution < -0.4 is 0 Å². The average molecular weight is 289 g/mol. The van der Waals surface area contributed by atoms with E-state index in [1.165, 1.54) is 30.6 Å². The van der Waals surface area contributed by atoms with Crippen LogP contribution in [-0.4, -0.2) is 5.33 Å². The van der Waals surface area contributed by atoms with Crippen molar-refractivity contribution in [2.45, 2.75) is 46.5 Å². The van der Waals surface area contributed by atoms with Gasteiger partial charge in [-0.15, -0.1) is 11.3 Å². The van der Waals surface area contributed by atoms with Gasteiger partial charge in [0.2, 0.25) is 0 Å². The molecule has 1 aromatic rings. The van der Waals surface area contributed by atoms with Crippen LogP contribution in [0.5, 0.6) is 0 Å². The number of thiophene rings is 1. The molecule has 0 unspecified atom stereocenters. The minimum atomic E-state index is 0.468. The summed E-state index contributed by atoms with van der Waals surface area (Å²) in [5, 5.41) is 1.12. The van der Waals surface area contributed by atoms with Crippen molar-refractivity contribution in [2.75, 3.05) is 5.33 Å². The molecule has 0 N–H and O–H groups in total. The second-order valence-electron chi connectivity index (χ2n) is 4.24. The van der Waals surface area contributed by atoms with Crippen molar-refractivity contribution in [3.8, 4) is 0 Å². The van der Waals surface area contributed by atoms with Crippen molar-refractivity contribution in [3.05, 3.63) is 21.9 Å². The first-order valence-corrected chi connectivity index (χ1v) is 7.77. The first-order valence-electron chi connectivity index (χ1n) is 5.83. The highest BCUT2D eigenvalue weighted by molar-refractivity contribution is 9.09.